The fourth-order valence-corrected chi connectivity index (χ4v) is 3.20. The van der Waals surface area contributed by atoms with Gasteiger partial charge in [0.2, 0.25) is 0 Å². The second-order valence-electron chi connectivity index (χ2n) is 4.01. The van der Waals surface area contributed by atoms with Crippen LogP contribution in [0.3, 0.4) is 0 Å². The molecule has 76 valence electrons. The fraction of sp³-hybridized carbons (Fsp3) is 0.250. The molecule has 0 spiro atoms. The van der Waals surface area contributed by atoms with Crippen molar-refractivity contribution >= 4 is 26.5 Å². The lowest BCUT2D eigenvalue weighted by Crippen LogP contribution is -1.83. The third-order valence-corrected chi connectivity index (χ3v) is 3.95. The van der Waals surface area contributed by atoms with E-state index in [9.17, 15) is 0 Å². The normalized spacial score (nSPS) is 11.7. The van der Waals surface area contributed by atoms with Crippen LogP contribution in [-0.2, 0) is 0 Å². The van der Waals surface area contributed by atoms with Crippen LogP contribution in [0, 0.1) is 20.8 Å². The summed E-state index contributed by atoms with van der Waals surface area (Å²) in [5.41, 5.74) is 5.06. The third kappa shape index (κ3) is 1.13. The molecule has 0 fully saturated rings. The molecular formula is C12H12N2S. The molecule has 0 radical (unpaired) electrons. The molecule has 1 aromatic carbocycles. The van der Waals surface area contributed by atoms with Crippen molar-refractivity contribution in [1.29, 1.82) is 0 Å². The lowest BCUT2D eigenvalue weighted by Gasteiger charge is -1.99. The summed E-state index contributed by atoms with van der Waals surface area (Å²) >= 11 is 1.78. The Bertz CT molecular complexity index is 661. The van der Waals surface area contributed by atoms with Gasteiger partial charge >= 0.3 is 0 Å². The highest BCUT2D eigenvalue weighted by Crippen LogP contribution is 2.31. The van der Waals surface area contributed by atoms with E-state index in [1.54, 1.807) is 11.3 Å². The van der Waals surface area contributed by atoms with Crippen molar-refractivity contribution in [3.8, 4) is 0 Å². The average Bonchev–Trinajstić information content (AvgIpc) is 2.67. The summed E-state index contributed by atoms with van der Waals surface area (Å²) in [6.45, 7) is 6.35. The van der Waals surface area contributed by atoms with Gasteiger partial charge < -0.3 is 0 Å². The van der Waals surface area contributed by atoms with E-state index >= 15 is 0 Å². The Hall–Kier alpha value is -1.35. The number of benzene rings is 1. The van der Waals surface area contributed by atoms with Gasteiger partial charge in [0.05, 0.1) is 15.9 Å². The van der Waals surface area contributed by atoms with E-state index in [1.807, 2.05) is 6.92 Å². The van der Waals surface area contributed by atoms with Crippen LogP contribution in [0.25, 0.3) is 15.2 Å². The molecule has 3 heteroatoms. The molecule has 3 rings (SSSR count). The number of thiazole rings is 1. The monoisotopic (exact) mass is 216 g/mol. The molecule has 2 heterocycles. The van der Waals surface area contributed by atoms with Crippen LogP contribution >= 0.6 is 11.3 Å². The highest BCUT2D eigenvalue weighted by Gasteiger charge is 2.10. The number of hydrogen-bond donors (Lipinski definition) is 0. The number of imidazole rings is 1. The van der Waals surface area contributed by atoms with Crippen molar-refractivity contribution in [2.45, 2.75) is 20.8 Å². The van der Waals surface area contributed by atoms with E-state index < -0.39 is 0 Å². The number of rotatable bonds is 0. The quantitative estimate of drug-likeness (QED) is 0.562. The lowest BCUT2D eigenvalue weighted by atomic mass is 10.1. The Kier molecular flexibility index (Phi) is 1.68. The van der Waals surface area contributed by atoms with Gasteiger partial charge in [0.1, 0.15) is 0 Å². The Morgan fingerprint density at radius 3 is 2.67 bits per heavy atom. The van der Waals surface area contributed by atoms with E-state index in [1.165, 1.54) is 21.3 Å². The van der Waals surface area contributed by atoms with E-state index in [4.69, 9.17) is 0 Å². The van der Waals surface area contributed by atoms with E-state index in [2.05, 4.69) is 41.6 Å². The Labute approximate surface area is 92.2 Å². The maximum absolute atomic E-state index is 4.51. The SMILES string of the molecule is Cc1cn2c(n1)sc1c(C)ccc(C)c12. The predicted octanol–water partition coefficient (Wildman–Crippen LogP) is 3.47. The minimum atomic E-state index is 1.09. The Morgan fingerprint density at radius 2 is 1.87 bits per heavy atom. The molecule has 2 aromatic heterocycles. The zero-order chi connectivity index (χ0) is 10.6. The van der Waals surface area contributed by atoms with Gasteiger partial charge in [-0.2, -0.15) is 0 Å². The largest absolute Gasteiger partial charge is 0.290 e. The Morgan fingerprint density at radius 1 is 1.13 bits per heavy atom. The zero-order valence-corrected chi connectivity index (χ0v) is 9.85. The molecule has 0 aliphatic rings. The standard InChI is InChI=1S/C12H12N2S/c1-7-4-5-8(2)11-10(7)14-6-9(3)13-12(14)15-11/h4-6H,1-3H3. The molecule has 0 N–H and O–H groups in total. The summed E-state index contributed by atoms with van der Waals surface area (Å²) in [6, 6.07) is 4.36. The number of hydrogen-bond acceptors (Lipinski definition) is 2. The van der Waals surface area contributed by atoms with Gasteiger partial charge in [-0.05, 0) is 31.9 Å². The van der Waals surface area contributed by atoms with E-state index in [0.29, 0.717) is 0 Å². The first kappa shape index (κ1) is 8.92. The number of aromatic nitrogens is 2. The molecule has 0 amide bonds. The van der Waals surface area contributed by atoms with Crippen LogP contribution < -0.4 is 0 Å². The lowest BCUT2D eigenvalue weighted by molar-refractivity contribution is 1.26. The summed E-state index contributed by atoms with van der Waals surface area (Å²) in [5, 5.41) is 0. The van der Waals surface area contributed by atoms with Gasteiger partial charge in [-0.15, -0.1) is 0 Å². The van der Waals surface area contributed by atoms with Crippen molar-refractivity contribution in [3.63, 3.8) is 0 Å². The van der Waals surface area contributed by atoms with Crippen LogP contribution in [0.2, 0.25) is 0 Å². The highest BCUT2D eigenvalue weighted by molar-refractivity contribution is 7.23. The van der Waals surface area contributed by atoms with Crippen LogP contribution in [-0.4, -0.2) is 9.38 Å². The summed E-state index contributed by atoms with van der Waals surface area (Å²) in [5.74, 6) is 0. The van der Waals surface area contributed by atoms with E-state index in [0.717, 1.165) is 10.7 Å². The highest BCUT2D eigenvalue weighted by atomic mass is 32.1. The molecular weight excluding hydrogens is 204 g/mol. The third-order valence-electron chi connectivity index (χ3n) is 2.76. The second-order valence-corrected chi connectivity index (χ2v) is 4.99. The van der Waals surface area contributed by atoms with Crippen LogP contribution in [0.5, 0.6) is 0 Å². The van der Waals surface area contributed by atoms with Crippen LogP contribution in [0.4, 0.5) is 0 Å². The minimum Gasteiger partial charge on any atom is -0.290 e. The average molecular weight is 216 g/mol. The summed E-state index contributed by atoms with van der Waals surface area (Å²) in [7, 11) is 0. The van der Waals surface area contributed by atoms with E-state index in [-0.39, 0.29) is 0 Å². The molecule has 2 nitrogen and oxygen atoms in total. The molecule has 3 aromatic rings. The second kappa shape index (κ2) is 2.83. The zero-order valence-electron chi connectivity index (χ0n) is 9.03. The molecule has 0 unspecified atom stereocenters. The minimum absolute atomic E-state index is 1.09. The summed E-state index contributed by atoms with van der Waals surface area (Å²) < 4.78 is 3.56. The molecule has 0 saturated heterocycles. The number of aryl methyl sites for hydroxylation is 3. The molecule has 0 atom stereocenters. The van der Waals surface area contributed by atoms with Crippen LogP contribution in [0.1, 0.15) is 16.8 Å². The van der Waals surface area contributed by atoms with Crippen molar-refractivity contribution in [2.75, 3.05) is 0 Å². The first-order chi connectivity index (χ1) is 7.16. The molecule has 0 aliphatic carbocycles. The first-order valence-corrected chi connectivity index (χ1v) is 5.83. The molecule has 0 saturated carbocycles. The van der Waals surface area contributed by atoms with Crippen LogP contribution in [0.15, 0.2) is 18.3 Å². The first-order valence-electron chi connectivity index (χ1n) is 5.01. The van der Waals surface area contributed by atoms with Crippen molar-refractivity contribution in [1.82, 2.24) is 9.38 Å². The van der Waals surface area contributed by atoms with Gasteiger partial charge in [-0.25, -0.2) is 4.98 Å². The molecule has 0 bridgehead atoms. The Balaban J connectivity index is 2.62. The topological polar surface area (TPSA) is 17.3 Å². The van der Waals surface area contributed by atoms with Crippen molar-refractivity contribution in [2.24, 2.45) is 0 Å². The van der Waals surface area contributed by atoms with Crippen molar-refractivity contribution in [3.05, 3.63) is 35.2 Å². The number of fused-ring (bicyclic) bond motifs is 3. The van der Waals surface area contributed by atoms with Gasteiger partial charge in [-0.3, -0.25) is 4.40 Å². The predicted molar refractivity (Wildman–Crippen MR) is 64.8 cm³/mol. The van der Waals surface area contributed by atoms with Gasteiger partial charge in [0, 0.05) is 6.20 Å². The van der Waals surface area contributed by atoms with Crippen molar-refractivity contribution < 1.29 is 0 Å². The van der Waals surface area contributed by atoms with Gasteiger partial charge in [0.15, 0.2) is 4.96 Å². The molecule has 0 aliphatic heterocycles. The molecule has 15 heavy (non-hydrogen) atoms. The summed E-state index contributed by atoms with van der Waals surface area (Å²) in [4.78, 5) is 5.61. The summed E-state index contributed by atoms with van der Waals surface area (Å²) in [6.07, 6.45) is 2.11. The fourth-order valence-electron chi connectivity index (χ4n) is 2.00. The number of nitrogens with zero attached hydrogens (tertiary/aromatic N) is 2. The van der Waals surface area contributed by atoms with Gasteiger partial charge in [0.25, 0.3) is 0 Å². The maximum atomic E-state index is 4.51. The van der Waals surface area contributed by atoms with Gasteiger partial charge in [-0.1, -0.05) is 23.5 Å². The smallest absolute Gasteiger partial charge is 0.194 e. The maximum Gasteiger partial charge on any atom is 0.194 e.